The minimum atomic E-state index is -0.0493. The molecular weight excluding hydrogens is 268 g/mol. The summed E-state index contributed by atoms with van der Waals surface area (Å²) >= 11 is 0. The van der Waals surface area contributed by atoms with E-state index in [4.69, 9.17) is 9.47 Å². The number of likely N-dealkylation sites (N-methyl/N-ethyl adjacent to an activating group) is 1. The lowest BCUT2D eigenvalue weighted by Gasteiger charge is -2.22. The van der Waals surface area contributed by atoms with Crippen LogP contribution in [0.2, 0.25) is 0 Å². The Morgan fingerprint density at radius 2 is 2.00 bits per heavy atom. The summed E-state index contributed by atoms with van der Waals surface area (Å²) in [5, 5.41) is 3.09. The molecule has 0 aromatic heterocycles. The fourth-order valence-electron chi connectivity index (χ4n) is 1.78. The molecule has 118 valence electrons. The van der Waals surface area contributed by atoms with Gasteiger partial charge < -0.3 is 19.7 Å². The summed E-state index contributed by atoms with van der Waals surface area (Å²) in [5.74, 6) is 1.22. The van der Waals surface area contributed by atoms with Crippen molar-refractivity contribution in [2.75, 3.05) is 27.3 Å². The van der Waals surface area contributed by atoms with Crippen molar-refractivity contribution in [1.82, 2.24) is 10.2 Å². The van der Waals surface area contributed by atoms with Gasteiger partial charge in [-0.1, -0.05) is 6.07 Å². The van der Waals surface area contributed by atoms with Gasteiger partial charge >= 0.3 is 0 Å². The Morgan fingerprint density at radius 3 is 2.57 bits per heavy atom. The Morgan fingerprint density at radius 1 is 1.29 bits per heavy atom. The Hall–Kier alpha value is -1.75. The average Bonchev–Trinajstić information content (AvgIpc) is 2.46. The van der Waals surface area contributed by atoms with E-state index in [2.05, 4.69) is 5.32 Å². The second-order valence-electron chi connectivity index (χ2n) is 5.13. The van der Waals surface area contributed by atoms with Crippen LogP contribution in [0, 0.1) is 0 Å². The highest BCUT2D eigenvalue weighted by Crippen LogP contribution is 2.28. The van der Waals surface area contributed by atoms with E-state index in [0.717, 1.165) is 12.1 Å². The first-order valence-corrected chi connectivity index (χ1v) is 7.28. The molecule has 1 amide bonds. The lowest BCUT2D eigenvalue weighted by atomic mass is 10.2. The average molecular weight is 294 g/mol. The molecule has 0 aliphatic heterocycles. The van der Waals surface area contributed by atoms with Crippen molar-refractivity contribution in [2.24, 2.45) is 0 Å². The fourth-order valence-corrected chi connectivity index (χ4v) is 1.78. The Kier molecular flexibility index (Phi) is 7.02. The number of amides is 1. The molecule has 0 bridgehead atoms. The molecule has 0 aliphatic carbocycles. The molecule has 0 atom stereocenters. The zero-order chi connectivity index (χ0) is 15.8. The van der Waals surface area contributed by atoms with Crippen molar-refractivity contribution in [2.45, 2.75) is 33.4 Å². The first kappa shape index (κ1) is 17.3. The van der Waals surface area contributed by atoms with E-state index in [1.165, 1.54) is 0 Å². The molecule has 0 heterocycles. The molecule has 5 nitrogen and oxygen atoms in total. The summed E-state index contributed by atoms with van der Waals surface area (Å²) < 4.78 is 11.2. The molecule has 1 aromatic rings. The van der Waals surface area contributed by atoms with Crippen LogP contribution in [0.3, 0.4) is 0 Å². The van der Waals surface area contributed by atoms with E-state index < -0.39 is 0 Å². The third-order valence-corrected chi connectivity index (χ3v) is 3.21. The molecule has 0 radical (unpaired) electrons. The zero-order valence-electron chi connectivity index (χ0n) is 13.6. The Labute approximate surface area is 127 Å². The normalized spacial score (nSPS) is 10.6. The Balaban J connectivity index is 2.75. The van der Waals surface area contributed by atoms with Gasteiger partial charge in [-0.2, -0.15) is 0 Å². The second kappa shape index (κ2) is 8.52. The number of nitrogens with zero attached hydrogens (tertiary/aromatic N) is 1. The highest BCUT2D eigenvalue weighted by molar-refractivity contribution is 5.77. The lowest BCUT2D eigenvalue weighted by Crippen LogP contribution is -2.36. The number of carbonyl (C=O) groups excluding carboxylic acids is 1. The molecule has 21 heavy (non-hydrogen) atoms. The van der Waals surface area contributed by atoms with Crippen LogP contribution in [0.25, 0.3) is 0 Å². The quantitative estimate of drug-likeness (QED) is 0.797. The van der Waals surface area contributed by atoms with Crippen molar-refractivity contribution < 1.29 is 14.3 Å². The number of carbonyl (C=O) groups is 1. The summed E-state index contributed by atoms with van der Waals surface area (Å²) in [5.41, 5.74) is 1.11. The van der Waals surface area contributed by atoms with Gasteiger partial charge in [0.25, 0.3) is 5.91 Å². The van der Waals surface area contributed by atoms with Crippen LogP contribution in [0.4, 0.5) is 0 Å². The van der Waals surface area contributed by atoms with E-state index >= 15 is 0 Å². The smallest absolute Gasteiger partial charge is 0.260 e. The van der Waals surface area contributed by atoms with E-state index in [0.29, 0.717) is 18.1 Å². The topological polar surface area (TPSA) is 50.8 Å². The van der Waals surface area contributed by atoms with Crippen molar-refractivity contribution in [3.05, 3.63) is 23.8 Å². The number of hydrogen-bond donors (Lipinski definition) is 1. The number of benzene rings is 1. The summed E-state index contributed by atoms with van der Waals surface area (Å²) in [7, 11) is 3.67. The number of ether oxygens (including phenoxy) is 2. The molecule has 0 fully saturated rings. The maximum Gasteiger partial charge on any atom is 0.260 e. The number of hydrogen-bond acceptors (Lipinski definition) is 4. The maximum atomic E-state index is 11.9. The van der Waals surface area contributed by atoms with Gasteiger partial charge in [-0.15, -0.1) is 0 Å². The Bertz CT molecular complexity index is 461. The molecule has 0 saturated carbocycles. The first-order chi connectivity index (χ1) is 9.99. The molecule has 1 aromatic carbocycles. The van der Waals surface area contributed by atoms with Crippen LogP contribution >= 0.6 is 0 Å². The first-order valence-electron chi connectivity index (χ1n) is 7.28. The standard InChI is InChI=1S/C16H26N2O3/c1-6-20-15-9-13(10-17-4)7-8-14(15)21-11-16(19)18(5)12(2)3/h7-9,12,17H,6,10-11H2,1-5H3. The summed E-state index contributed by atoms with van der Waals surface area (Å²) in [6, 6.07) is 5.91. The molecule has 5 heteroatoms. The molecule has 1 N–H and O–H groups in total. The van der Waals surface area contributed by atoms with Gasteiger partial charge in [-0.05, 0) is 45.5 Å². The predicted octanol–water partition coefficient (Wildman–Crippen LogP) is 2.05. The third kappa shape index (κ3) is 5.27. The number of nitrogens with one attached hydrogen (secondary N) is 1. The van der Waals surface area contributed by atoms with Gasteiger partial charge in [0, 0.05) is 19.6 Å². The van der Waals surface area contributed by atoms with Crippen molar-refractivity contribution >= 4 is 5.91 Å². The molecule has 1 rings (SSSR count). The van der Waals surface area contributed by atoms with Crippen LogP contribution in [0.1, 0.15) is 26.3 Å². The minimum Gasteiger partial charge on any atom is -0.490 e. The molecule has 0 aliphatic rings. The van der Waals surface area contributed by atoms with E-state index in [1.54, 1.807) is 11.9 Å². The van der Waals surface area contributed by atoms with E-state index in [-0.39, 0.29) is 18.6 Å². The summed E-state index contributed by atoms with van der Waals surface area (Å²) in [4.78, 5) is 13.6. The second-order valence-corrected chi connectivity index (χ2v) is 5.13. The SMILES string of the molecule is CCOc1cc(CNC)ccc1OCC(=O)N(C)C(C)C. The predicted molar refractivity (Wildman–Crippen MR) is 83.8 cm³/mol. The monoisotopic (exact) mass is 294 g/mol. The molecule has 0 unspecified atom stereocenters. The van der Waals surface area contributed by atoms with Crippen LogP contribution in [-0.4, -0.2) is 44.2 Å². The van der Waals surface area contributed by atoms with Crippen molar-refractivity contribution in [1.29, 1.82) is 0 Å². The maximum absolute atomic E-state index is 11.9. The van der Waals surface area contributed by atoms with Gasteiger partial charge in [-0.25, -0.2) is 0 Å². The van der Waals surface area contributed by atoms with Gasteiger partial charge in [0.2, 0.25) is 0 Å². The molecular formula is C16H26N2O3. The highest BCUT2D eigenvalue weighted by atomic mass is 16.5. The van der Waals surface area contributed by atoms with Crippen molar-refractivity contribution in [3.8, 4) is 11.5 Å². The van der Waals surface area contributed by atoms with Crippen molar-refractivity contribution in [3.63, 3.8) is 0 Å². The van der Waals surface area contributed by atoms with Crippen LogP contribution in [0.15, 0.2) is 18.2 Å². The highest BCUT2D eigenvalue weighted by Gasteiger charge is 2.14. The van der Waals surface area contributed by atoms with Gasteiger partial charge in [-0.3, -0.25) is 4.79 Å². The minimum absolute atomic E-state index is 0.0140. The van der Waals surface area contributed by atoms with E-state index in [1.807, 2.05) is 46.0 Å². The molecule has 0 saturated heterocycles. The third-order valence-electron chi connectivity index (χ3n) is 3.21. The molecule has 0 spiro atoms. The van der Waals surface area contributed by atoms with Crippen LogP contribution in [-0.2, 0) is 11.3 Å². The summed E-state index contributed by atoms with van der Waals surface area (Å²) in [6.45, 7) is 7.19. The van der Waals surface area contributed by atoms with Crippen LogP contribution in [0.5, 0.6) is 11.5 Å². The zero-order valence-corrected chi connectivity index (χ0v) is 13.6. The summed E-state index contributed by atoms with van der Waals surface area (Å²) in [6.07, 6.45) is 0. The van der Waals surface area contributed by atoms with Crippen LogP contribution < -0.4 is 14.8 Å². The lowest BCUT2D eigenvalue weighted by molar-refractivity contribution is -0.133. The van der Waals surface area contributed by atoms with E-state index in [9.17, 15) is 4.79 Å². The van der Waals surface area contributed by atoms with Gasteiger partial charge in [0.1, 0.15) is 0 Å². The van der Waals surface area contributed by atoms with Gasteiger partial charge in [0.05, 0.1) is 6.61 Å². The van der Waals surface area contributed by atoms with Gasteiger partial charge in [0.15, 0.2) is 18.1 Å². The fraction of sp³-hybridized carbons (Fsp3) is 0.562. The number of rotatable bonds is 8. The largest absolute Gasteiger partial charge is 0.490 e.